The largest absolute Gasteiger partial charge is 0.462 e. The van der Waals surface area contributed by atoms with Gasteiger partial charge < -0.3 is 19.3 Å². The minimum Gasteiger partial charge on any atom is -0.462 e. The highest BCUT2D eigenvalue weighted by Gasteiger charge is 2.50. The molecule has 1 heterocycles. The zero-order valence-corrected chi connectivity index (χ0v) is 12.9. The third-order valence-electron chi connectivity index (χ3n) is 3.40. The normalized spacial score (nSPS) is 19.9. The monoisotopic (exact) mass is 308 g/mol. The number of hydrogen-bond acceptors (Lipinski definition) is 6. The molecule has 1 aliphatic heterocycles. The Morgan fingerprint density at radius 3 is 2.59 bits per heavy atom. The first-order valence-corrected chi connectivity index (χ1v) is 7.11. The molecule has 6 heteroatoms. The fourth-order valence-electron chi connectivity index (χ4n) is 1.97. The smallest absolute Gasteiger partial charge is 0.313 e. The van der Waals surface area contributed by atoms with Crippen LogP contribution in [0.3, 0.4) is 0 Å². The van der Waals surface area contributed by atoms with Crippen molar-refractivity contribution in [1.82, 2.24) is 0 Å². The molecule has 0 amide bonds. The number of carbonyl (C=O) groups is 2. The molecule has 1 fully saturated rings. The van der Waals surface area contributed by atoms with Crippen LogP contribution in [0.5, 0.6) is 5.75 Å². The Labute approximate surface area is 129 Å². The van der Waals surface area contributed by atoms with Crippen LogP contribution in [0.15, 0.2) is 18.2 Å². The summed E-state index contributed by atoms with van der Waals surface area (Å²) in [7, 11) is 0. The summed E-state index contributed by atoms with van der Waals surface area (Å²) in [6.07, 6.45) is 0. The fourth-order valence-corrected chi connectivity index (χ4v) is 1.97. The van der Waals surface area contributed by atoms with E-state index in [0.717, 1.165) is 0 Å². The summed E-state index contributed by atoms with van der Waals surface area (Å²) in [5, 5.41) is 9.25. The molecule has 0 aliphatic carbocycles. The summed E-state index contributed by atoms with van der Waals surface area (Å²) in [6.45, 7) is 5.08. The van der Waals surface area contributed by atoms with Gasteiger partial charge in [0.05, 0.1) is 19.1 Å². The highest BCUT2D eigenvalue weighted by molar-refractivity contribution is 5.75. The summed E-state index contributed by atoms with van der Waals surface area (Å²) < 4.78 is 15.9. The Hall–Kier alpha value is -1.92. The van der Waals surface area contributed by atoms with Crippen LogP contribution in [-0.4, -0.2) is 30.3 Å². The van der Waals surface area contributed by atoms with Crippen LogP contribution < -0.4 is 4.74 Å². The molecule has 1 saturated heterocycles. The molecular formula is C16H20O6. The van der Waals surface area contributed by atoms with Crippen LogP contribution >= 0.6 is 0 Å². The molecule has 1 atom stereocenters. The van der Waals surface area contributed by atoms with Gasteiger partial charge in [0, 0.05) is 12.5 Å². The van der Waals surface area contributed by atoms with Crippen LogP contribution in [0.1, 0.15) is 31.9 Å². The van der Waals surface area contributed by atoms with Gasteiger partial charge in [-0.15, -0.1) is 0 Å². The lowest BCUT2D eigenvalue weighted by molar-refractivity contribution is -0.143. The number of esters is 2. The minimum absolute atomic E-state index is 0.0625. The third-order valence-corrected chi connectivity index (χ3v) is 3.40. The van der Waals surface area contributed by atoms with Gasteiger partial charge in [0.2, 0.25) is 0 Å². The van der Waals surface area contributed by atoms with Gasteiger partial charge in [-0.1, -0.05) is 26.0 Å². The van der Waals surface area contributed by atoms with Crippen molar-refractivity contribution in [1.29, 1.82) is 0 Å². The predicted octanol–water partition coefficient (Wildman–Crippen LogP) is 1.53. The molecule has 22 heavy (non-hydrogen) atoms. The van der Waals surface area contributed by atoms with Crippen molar-refractivity contribution < 1.29 is 28.9 Å². The van der Waals surface area contributed by atoms with E-state index < -0.39 is 11.6 Å². The molecule has 0 bridgehead atoms. The lowest BCUT2D eigenvalue weighted by atomic mass is 9.98. The van der Waals surface area contributed by atoms with Crippen LogP contribution in [-0.2, 0) is 31.3 Å². The number of aliphatic hydroxyl groups excluding tert-OH is 1. The van der Waals surface area contributed by atoms with Crippen molar-refractivity contribution in [3.63, 3.8) is 0 Å². The van der Waals surface area contributed by atoms with Gasteiger partial charge in [-0.2, -0.15) is 0 Å². The molecule has 6 nitrogen and oxygen atoms in total. The van der Waals surface area contributed by atoms with Gasteiger partial charge in [-0.25, -0.2) is 0 Å². The van der Waals surface area contributed by atoms with E-state index in [9.17, 15) is 14.7 Å². The lowest BCUT2D eigenvalue weighted by Gasteiger charge is -2.18. The van der Waals surface area contributed by atoms with Gasteiger partial charge in [0.15, 0.2) is 5.60 Å². The zero-order valence-electron chi connectivity index (χ0n) is 12.9. The van der Waals surface area contributed by atoms with Gasteiger partial charge in [-0.3, -0.25) is 9.59 Å². The van der Waals surface area contributed by atoms with Crippen molar-refractivity contribution >= 4 is 11.9 Å². The van der Waals surface area contributed by atoms with Gasteiger partial charge >= 0.3 is 11.9 Å². The standard InChI is InChI=1S/C16H20O6/c1-10(2)15(19)22-14-6-12(7-17)4-5-13(14)16(9-21-16)8-20-11(3)18/h4-6,10,17H,7-9H2,1-3H3/t16-/m0/s1. The topological polar surface area (TPSA) is 85.4 Å². The SMILES string of the molecule is CC(=O)OC[C@@]1(c2ccc(CO)cc2OC(=O)C(C)C)CO1. The summed E-state index contributed by atoms with van der Waals surface area (Å²) in [5.41, 5.74) is 0.491. The van der Waals surface area contributed by atoms with E-state index in [0.29, 0.717) is 23.5 Å². The molecule has 0 spiro atoms. The van der Waals surface area contributed by atoms with Gasteiger partial charge in [0.1, 0.15) is 12.4 Å². The summed E-state index contributed by atoms with van der Waals surface area (Å²) >= 11 is 0. The highest BCUT2D eigenvalue weighted by Crippen LogP contribution is 2.44. The highest BCUT2D eigenvalue weighted by atomic mass is 16.6. The van der Waals surface area contributed by atoms with E-state index in [-0.39, 0.29) is 25.1 Å². The van der Waals surface area contributed by atoms with E-state index in [4.69, 9.17) is 14.2 Å². The Kier molecular flexibility index (Phi) is 4.83. The first kappa shape index (κ1) is 16.5. The van der Waals surface area contributed by atoms with Gasteiger partial charge in [-0.05, 0) is 11.6 Å². The second-order valence-electron chi connectivity index (χ2n) is 5.63. The Balaban J connectivity index is 2.30. The Bertz CT molecular complexity index is 574. The molecule has 0 unspecified atom stereocenters. The second-order valence-corrected chi connectivity index (χ2v) is 5.63. The summed E-state index contributed by atoms with van der Waals surface area (Å²) in [6, 6.07) is 5.05. The van der Waals surface area contributed by atoms with Gasteiger partial charge in [0.25, 0.3) is 0 Å². The molecule has 1 aromatic rings. The molecular weight excluding hydrogens is 288 g/mol. The average molecular weight is 308 g/mol. The number of hydrogen-bond donors (Lipinski definition) is 1. The number of ether oxygens (including phenoxy) is 3. The molecule has 0 radical (unpaired) electrons. The van der Waals surface area contributed by atoms with E-state index >= 15 is 0 Å². The molecule has 1 N–H and O–H groups in total. The van der Waals surface area contributed by atoms with Crippen molar-refractivity contribution in [2.45, 2.75) is 33.0 Å². The fraction of sp³-hybridized carbons (Fsp3) is 0.500. The summed E-state index contributed by atoms with van der Waals surface area (Å²) in [5.74, 6) is -0.729. The van der Waals surface area contributed by atoms with E-state index in [1.165, 1.54) is 6.92 Å². The molecule has 0 saturated carbocycles. The number of epoxide rings is 1. The van der Waals surface area contributed by atoms with E-state index in [2.05, 4.69) is 0 Å². The number of rotatable bonds is 6. The Morgan fingerprint density at radius 2 is 2.09 bits per heavy atom. The molecule has 120 valence electrons. The maximum absolute atomic E-state index is 11.9. The first-order chi connectivity index (χ1) is 10.4. The zero-order chi connectivity index (χ0) is 16.3. The number of benzene rings is 1. The molecule has 1 aliphatic rings. The van der Waals surface area contributed by atoms with Crippen LogP contribution in [0.4, 0.5) is 0 Å². The molecule has 1 aromatic carbocycles. The minimum atomic E-state index is -0.772. The predicted molar refractivity (Wildman–Crippen MR) is 77.1 cm³/mol. The lowest BCUT2D eigenvalue weighted by Crippen LogP contribution is -2.22. The number of aliphatic hydroxyl groups is 1. The maximum atomic E-state index is 11.9. The third kappa shape index (κ3) is 3.64. The summed E-state index contributed by atoms with van der Waals surface area (Å²) in [4.78, 5) is 22.9. The van der Waals surface area contributed by atoms with Crippen LogP contribution in [0.25, 0.3) is 0 Å². The molecule has 0 aromatic heterocycles. The van der Waals surface area contributed by atoms with E-state index in [1.807, 2.05) is 0 Å². The van der Waals surface area contributed by atoms with Crippen LogP contribution in [0.2, 0.25) is 0 Å². The van der Waals surface area contributed by atoms with Crippen molar-refractivity contribution in [3.05, 3.63) is 29.3 Å². The molecule has 2 rings (SSSR count). The van der Waals surface area contributed by atoms with Crippen molar-refractivity contribution in [2.75, 3.05) is 13.2 Å². The number of carbonyl (C=O) groups excluding carboxylic acids is 2. The quantitative estimate of drug-likeness (QED) is 0.487. The van der Waals surface area contributed by atoms with Crippen LogP contribution in [0, 0.1) is 5.92 Å². The van der Waals surface area contributed by atoms with Crippen molar-refractivity contribution in [3.8, 4) is 5.75 Å². The van der Waals surface area contributed by atoms with Crippen molar-refractivity contribution in [2.24, 2.45) is 5.92 Å². The Morgan fingerprint density at radius 1 is 1.41 bits per heavy atom. The maximum Gasteiger partial charge on any atom is 0.313 e. The average Bonchev–Trinajstić information content (AvgIpc) is 3.26. The first-order valence-electron chi connectivity index (χ1n) is 7.11. The second kappa shape index (κ2) is 6.46. The van der Waals surface area contributed by atoms with E-state index in [1.54, 1.807) is 32.0 Å².